The van der Waals surface area contributed by atoms with Gasteiger partial charge in [0.15, 0.2) is 0 Å². The van der Waals surface area contributed by atoms with Gasteiger partial charge in [-0.25, -0.2) is 4.39 Å². The van der Waals surface area contributed by atoms with E-state index in [1.54, 1.807) is 6.07 Å². The lowest BCUT2D eigenvalue weighted by molar-refractivity contribution is -0.126. The van der Waals surface area contributed by atoms with Crippen LogP contribution < -0.4 is 10.6 Å². The van der Waals surface area contributed by atoms with Crippen LogP contribution >= 0.6 is 0 Å². The highest BCUT2D eigenvalue weighted by Crippen LogP contribution is 2.17. The van der Waals surface area contributed by atoms with Gasteiger partial charge in [-0.1, -0.05) is 12.1 Å². The molecular weight excluding hydrogens is 231 g/mol. The van der Waals surface area contributed by atoms with E-state index >= 15 is 0 Å². The summed E-state index contributed by atoms with van der Waals surface area (Å²) in [4.78, 5) is 12.0. The molecule has 0 aliphatic carbocycles. The van der Waals surface area contributed by atoms with Crippen LogP contribution in [0.5, 0.6) is 0 Å². The molecule has 1 aliphatic rings. The molecule has 0 aromatic heterocycles. The fourth-order valence-electron chi connectivity index (χ4n) is 2.27. The van der Waals surface area contributed by atoms with E-state index in [1.165, 1.54) is 12.1 Å². The van der Waals surface area contributed by atoms with Crippen molar-refractivity contribution in [2.24, 2.45) is 5.92 Å². The molecule has 18 heavy (non-hydrogen) atoms. The topological polar surface area (TPSA) is 41.1 Å². The zero-order valence-electron chi connectivity index (χ0n) is 10.6. The largest absolute Gasteiger partial charge is 0.349 e. The lowest BCUT2D eigenvalue weighted by Crippen LogP contribution is -2.39. The Bertz CT molecular complexity index is 416. The quantitative estimate of drug-likeness (QED) is 0.861. The molecule has 3 nitrogen and oxygen atoms in total. The van der Waals surface area contributed by atoms with Gasteiger partial charge < -0.3 is 10.6 Å². The van der Waals surface area contributed by atoms with Crippen LogP contribution in [0.1, 0.15) is 31.4 Å². The highest BCUT2D eigenvalue weighted by molar-refractivity contribution is 5.79. The summed E-state index contributed by atoms with van der Waals surface area (Å²) in [5.41, 5.74) is 0.803. The summed E-state index contributed by atoms with van der Waals surface area (Å²) in [5, 5.41) is 6.19. The summed E-state index contributed by atoms with van der Waals surface area (Å²) in [6.45, 7) is 3.67. The first kappa shape index (κ1) is 13.0. The molecule has 98 valence electrons. The van der Waals surface area contributed by atoms with Gasteiger partial charge in [0, 0.05) is 5.92 Å². The molecule has 0 spiro atoms. The standard InChI is InChI=1S/C14H19FN2O/c1-10(12-3-2-4-13(15)9-12)17-14(18)11-5-7-16-8-6-11/h2-4,9-11,16H,5-8H2,1H3,(H,17,18)/t10-/m1/s1. The number of benzene rings is 1. The van der Waals surface area contributed by atoms with E-state index in [1.807, 2.05) is 13.0 Å². The van der Waals surface area contributed by atoms with Gasteiger partial charge in [0.2, 0.25) is 5.91 Å². The van der Waals surface area contributed by atoms with Gasteiger partial charge in [-0.3, -0.25) is 4.79 Å². The van der Waals surface area contributed by atoms with Crippen molar-refractivity contribution in [3.8, 4) is 0 Å². The molecule has 0 bridgehead atoms. The molecular formula is C14H19FN2O. The summed E-state index contributed by atoms with van der Waals surface area (Å²) >= 11 is 0. The van der Waals surface area contributed by atoms with E-state index in [-0.39, 0.29) is 23.7 Å². The van der Waals surface area contributed by atoms with Crippen molar-refractivity contribution in [3.05, 3.63) is 35.6 Å². The van der Waals surface area contributed by atoms with Gasteiger partial charge in [-0.15, -0.1) is 0 Å². The average Bonchev–Trinajstić information content (AvgIpc) is 2.39. The van der Waals surface area contributed by atoms with E-state index in [0.717, 1.165) is 31.5 Å². The van der Waals surface area contributed by atoms with E-state index in [9.17, 15) is 9.18 Å². The monoisotopic (exact) mass is 250 g/mol. The van der Waals surface area contributed by atoms with Crippen LogP contribution in [0.4, 0.5) is 4.39 Å². The summed E-state index contributed by atoms with van der Waals surface area (Å²) in [6, 6.07) is 6.22. The number of hydrogen-bond donors (Lipinski definition) is 2. The Balaban J connectivity index is 1.94. The molecule has 1 aromatic rings. The molecule has 4 heteroatoms. The molecule has 2 rings (SSSR count). The summed E-state index contributed by atoms with van der Waals surface area (Å²) in [6.07, 6.45) is 1.75. The zero-order chi connectivity index (χ0) is 13.0. The van der Waals surface area contributed by atoms with Gasteiger partial charge in [0.1, 0.15) is 5.82 Å². The Morgan fingerprint density at radius 3 is 2.83 bits per heavy atom. The van der Waals surface area contributed by atoms with Crippen LogP contribution in [0.15, 0.2) is 24.3 Å². The number of carbonyl (C=O) groups excluding carboxylic acids is 1. The van der Waals surface area contributed by atoms with Crippen molar-refractivity contribution in [1.29, 1.82) is 0 Å². The van der Waals surface area contributed by atoms with E-state index in [4.69, 9.17) is 0 Å². The van der Waals surface area contributed by atoms with Crippen molar-refractivity contribution in [3.63, 3.8) is 0 Å². The molecule has 1 atom stereocenters. The Hall–Kier alpha value is -1.42. The maximum Gasteiger partial charge on any atom is 0.223 e. The van der Waals surface area contributed by atoms with Crippen molar-refractivity contribution in [2.45, 2.75) is 25.8 Å². The Kier molecular flexibility index (Phi) is 4.31. The second-order valence-electron chi connectivity index (χ2n) is 4.81. The van der Waals surface area contributed by atoms with E-state index in [0.29, 0.717) is 0 Å². The summed E-state index contributed by atoms with van der Waals surface area (Å²) in [5.74, 6) is -0.106. The first-order chi connectivity index (χ1) is 8.66. The van der Waals surface area contributed by atoms with Crippen LogP contribution in [-0.2, 0) is 4.79 Å². The maximum absolute atomic E-state index is 13.1. The molecule has 1 heterocycles. The number of nitrogens with one attached hydrogen (secondary N) is 2. The molecule has 0 radical (unpaired) electrons. The van der Waals surface area contributed by atoms with Crippen LogP contribution in [0.3, 0.4) is 0 Å². The second-order valence-corrected chi connectivity index (χ2v) is 4.81. The molecule has 2 N–H and O–H groups in total. The minimum atomic E-state index is -0.268. The van der Waals surface area contributed by atoms with Gasteiger partial charge in [-0.05, 0) is 50.6 Å². The van der Waals surface area contributed by atoms with Crippen molar-refractivity contribution >= 4 is 5.91 Å². The first-order valence-corrected chi connectivity index (χ1v) is 6.43. The third kappa shape index (κ3) is 3.29. The normalized spacial score (nSPS) is 18.3. The molecule has 1 aliphatic heterocycles. The smallest absolute Gasteiger partial charge is 0.223 e. The maximum atomic E-state index is 13.1. The third-order valence-corrected chi connectivity index (χ3v) is 3.42. The SMILES string of the molecule is C[C@@H](NC(=O)C1CCNCC1)c1cccc(F)c1. The predicted molar refractivity (Wildman–Crippen MR) is 68.6 cm³/mol. The number of hydrogen-bond acceptors (Lipinski definition) is 2. The minimum absolute atomic E-state index is 0.0771. The van der Waals surface area contributed by atoms with E-state index in [2.05, 4.69) is 10.6 Å². The molecule has 0 unspecified atom stereocenters. The Morgan fingerprint density at radius 2 is 2.17 bits per heavy atom. The molecule has 1 aromatic carbocycles. The molecule has 1 amide bonds. The molecule has 1 fully saturated rings. The number of amides is 1. The van der Waals surface area contributed by atoms with Crippen LogP contribution in [0.2, 0.25) is 0 Å². The summed E-state index contributed by atoms with van der Waals surface area (Å²) < 4.78 is 13.1. The molecule has 0 saturated carbocycles. The van der Waals surface area contributed by atoms with Gasteiger partial charge in [0.25, 0.3) is 0 Å². The second kappa shape index (κ2) is 5.96. The fourth-order valence-corrected chi connectivity index (χ4v) is 2.27. The van der Waals surface area contributed by atoms with Gasteiger partial charge >= 0.3 is 0 Å². The minimum Gasteiger partial charge on any atom is -0.349 e. The lowest BCUT2D eigenvalue weighted by Gasteiger charge is -2.24. The number of carbonyl (C=O) groups is 1. The molecule has 1 saturated heterocycles. The highest BCUT2D eigenvalue weighted by atomic mass is 19.1. The predicted octanol–water partition coefficient (Wildman–Crippen LogP) is 2.00. The van der Waals surface area contributed by atoms with Crippen molar-refractivity contribution in [1.82, 2.24) is 10.6 Å². The summed E-state index contributed by atoms with van der Waals surface area (Å²) in [7, 11) is 0. The number of piperidine rings is 1. The highest BCUT2D eigenvalue weighted by Gasteiger charge is 2.22. The average molecular weight is 250 g/mol. The van der Waals surface area contributed by atoms with Gasteiger partial charge in [0.05, 0.1) is 6.04 Å². The van der Waals surface area contributed by atoms with Crippen molar-refractivity contribution in [2.75, 3.05) is 13.1 Å². The Labute approximate surface area is 107 Å². The van der Waals surface area contributed by atoms with Crippen LogP contribution in [-0.4, -0.2) is 19.0 Å². The lowest BCUT2D eigenvalue weighted by atomic mass is 9.96. The van der Waals surface area contributed by atoms with E-state index < -0.39 is 0 Å². The fraction of sp³-hybridized carbons (Fsp3) is 0.500. The zero-order valence-corrected chi connectivity index (χ0v) is 10.6. The van der Waals surface area contributed by atoms with Crippen LogP contribution in [0, 0.1) is 11.7 Å². The Morgan fingerprint density at radius 1 is 1.44 bits per heavy atom. The number of halogens is 1. The number of rotatable bonds is 3. The first-order valence-electron chi connectivity index (χ1n) is 6.43. The van der Waals surface area contributed by atoms with Gasteiger partial charge in [-0.2, -0.15) is 0 Å². The van der Waals surface area contributed by atoms with Crippen molar-refractivity contribution < 1.29 is 9.18 Å². The third-order valence-electron chi connectivity index (χ3n) is 3.42. The van der Waals surface area contributed by atoms with Crippen LogP contribution in [0.25, 0.3) is 0 Å².